The van der Waals surface area contributed by atoms with Crippen molar-refractivity contribution < 1.29 is 14.5 Å². The number of nitrogens with zero attached hydrogens (tertiary/aromatic N) is 1. The van der Waals surface area contributed by atoms with Crippen LogP contribution in [0.5, 0.6) is 0 Å². The summed E-state index contributed by atoms with van der Waals surface area (Å²) in [6.45, 7) is 6.17. The van der Waals surface area contributed by atoms with E-state index in [9.17, 15) is 14.9 Å². The fraction of sp³-hybridized carbons (Fsp3) is 0.500. The van der Waals surface area contributed by atoms with Crippen molar-refractivity contribution in [1.82, 2.24) is 5.32 Å². The van der Waals surface area contributed by atoms with Gasteiger partial charge in [0.2, 0.25) is 5.91 Å². The molecular formula is C14H20N2O4. The predicted octanol–water partition coefficient (Wildman–Crippen LogP) is 2.07. The van der Waals surface area contributed by atoms with Crippen LogP contribution in [-0.4, -0.2) is 29.6 Å². The van der Waals surface area contributed by atoms with Gasteiger partial charge in [0, 0.05) is 18.7 Å². The third-order valence-electron chi connectivity index (χ3n) is 2.52. The molecular weight excluding hydrogens is 260 g/mol. The molecule has 0 aliphatic heterocycles. The second-order valence-electron chi connectivity index (χ2n) is 5.42. The number of ether oxygens (including phenoxy) is 1. The molecule has 0 saturated heterocycles. The van der Waals surface area contributed by atoms with Crippen LogP contribution in [0.4, 0.5) is 5.69 Å². The molecule has 0 aromatic heterocycles. The Balaban J connectivity index is 2.30. The Morgan fingerprint density at radius 3 is 2.40 bits per heavy atom. The standard InChI is InChI=1S/C14H20N2O4/c1-14(2,3)20-10-13(17)15-9-8-11-4-6-12(7-5-11)16(18)19/h4-7H,8-10H2,1-3H3,(H,15,17). The minimum absolute atomic E-state index is 0.0315. The third kappa shape index (κ3) is 6.29. The molecule has 0 saturated carbocycles. The summed E-state index contributed by atoms with van der Waals surface area (Å²) in [6.07, 6.45) is 0.624. The zero-order chi connectivity index (χ0) is 15.2. The number of carbonyl (C=O) groups is 1. The summed E-state index contributed by atoms with van der Waals surface area (Å²) in [7, 11) is 0. The second-order valence-corrected chi connectivity index (χ2v) is 5.42. The first-order valence-electron chi connectivity index (χ1n) is 6.42. The Morgan fingerprint density at radius 1 is 1.30 bits per heavy atom. The summed E-state index contributed by atoms with van der Waals surface area (Å²) in [5, 5.41) is 13.2. The van der Waals surface area contributed by atoms with E-state index in [2.05, 4.69) is 5.32 Å². The monoisotopic (exact) mass is 280 g/mol. The number of non-ortho nitro benzene ring substituents is 1. The zero-order valence-electron chi connectivity index (χ0n) is 12.0. The first-order chi connectivity index (χ1) is 9.28. The van der Waals surface area contributed by atoms with E-state index in [0.717, 1.165) is 5.56 Å². The first-order valence-corrected chi connectivity index (χ1v) is 6.42. The summed E-state index contributed by atoms with van der Waals surface area (Å²) in [4.78, 5) is 21.6. The molecule has 0 aliphatic rings. The van der Waals surface area contributed by atoms with Gasteiger partial charge >= 0.3 is 0 Å². The number of hydrogen-bond donors (Lipinski definition) is 1. The normalized spacial score (nSPS) is 11.2. The van der Waals surface area contributed by atoms with Crippen LogP contribution in [0.2, 0.25) is 0 Å². The fourth-order valence-corrected chi connectivity index (χ4v) is 1.46. The number of nitrogens with one attached hydrogen (secondary N) is 1. The molecule has 1 aromatic rings. The van der Waals surface area contributed by atoms with Crippen LogP contribution >= 0.6 is 0 Å². The number of benzene rings is 1. The van der Waals surface area contributed by atoms with Gasteiger partial charge in [-0.3, -0.25) is 14.9 Å². The molecule has 0 heterocycles. The largest absolute Gasteiger partial charge is 0.366 e. The van der Waals surface area contributed by atoms with Crippen molar-refractivity contribution in [3.8, 4) is 0 Å². The topological polar surface area (TPSA) is 81.5 Å². The Kier molecular flexibility index (Phi) is 5.64. The molecule has 110 valence electrons. The molecule has 1 N–H and O–H groups in total. The third-order valence-corrected chi connectivity index (χ3v) is 2.52. The quantitative estimate of drug-likeness (QED) is 0.639. The summed E-state index contributed by atoms with van der Waals surface area (Å²) in [5.41, 5.74) is 0.666. The van der Waals surface area contributed by atoms with Gasteiger partial charge in [0.15, 0.2) is 0 Å². The van der Waals surface area contributed by atoms with Gasteiger partial charge in [0.05, 0.1) is 10.5 Å². The van der Waals surface area contributed by atoms with Gasteiger partial charge < -0.3 is 10.1 Å². The Morgan fingerprint density at radius 2 is 1.90 bits per heavy atom. The summed E-state index contributed by atoms with van der Waals surface area (Å²) < 4.78 is 5.35. The molecule has 1 amide bonds. The van der Waals surface area contributed by atoms with E-state index >= 15 is 0 Å². The van der Waals surface area contributed by atoms with E-state index in [1.54, 1.807) is 12.1 Å². The van der Waals surface area contributed by atoms with Crippen LogP contribution in [0.3, 0.4) is 0 Å². The lowest BCUT2D eigenvalue weighted by Gasteiger charge is -2.18. The fourth-order valence-electron chi connectivity index (χ4n) is 1.46. The summed E-state index contributed by atoms with van der Waals surface area (Å²) >= 11 is 0. The second kappa shape index (κ2) is 7.00. The SMILES string of the molecule is CC(C)(C)OCC(=O)NCCc1ccc([N+](=O)[O-])cc1. The lowest BCUT2D eigenvalue weighted by atomic mass is 10.1. The van der Waals surface area contributed by atoms with Crippen molar-refractivity contribution in [3.05, 3.63) is 39.9 Å². The maximum atomic E-state index is 11.5. The van der Waals surface area contributed by atoms with Crippen LogP contribution in [0.25, 0.3) is 0 Å². The van der Waals surface area contributed by atoms with E-state index in [4.69, 9.17) is 4.74 Å². The number of hydrogen-bond acceptors (Lipinski definition) is 4. The Labute approximate surface area is 118 Å². The first kappa shape index (κ1) is 16.1. The maximum Gasteiger partial charge on any atom is 0.269 e. The van der Waals surface area contributed by atoms with Crippen molar-refractivity contribution in [2.45, 2.75) is 32.8 Å². The molecule has 0 radical (unpaired) electrons. The molecule has 0 bridgehead atoms. The van der Waals surface area contributed by atoms with Crippen LogP contribution in [0, 0.1) is 10.1 Å². The molecule has 6 nitrogen and oxygen atoms in total. The molecule has 20 heavy (non-hydrogen) atoms. The molecule has 6 heteroatoms. The Bertz CT molecular complexity index is 463. The highest BCUT2D eigenvalue weighted by Crippen LogP contribution is 2.12. The van der Waals surface area contributed by atoms with Crippen LogP contribution in [0.1, 0.15) is 26.3 Å². The van der Waals surface area contributed by atoms with E-state index < -0.39 is 4.92 Å². The highest BCUT2D eigenvalue weighted by Gasteiger charge is 2.12. The Hall–Kier alpha value is -1.95. The number of rotatable bonds is 6. The van der Waals surface area contributed by atoms with Gasteiger partial charge in [0.25, 0.3) is 5.69 Å². The average Bonchev–Trinajstić information content (AvgIpc) is 2.36. The average molecular weight is 280 g/mol. The number of nitro benzene ring substituents is 1. The molecule has 0 spiro atoms. The minimum Gasteiger partial charge on any atom is -0.366 e. The summed E-state index contributed by atoms with van der Waals surface area (Å²) in [5.74, 6) is -0.165. The van der Waals surface area contributed by atoms with Crippen molar-refractivity contribution >= 4 is 11.6 Å². The molecule has 0 unspecified atom stereocenters. The van der Waals surface area contributed by atoms with Crippen molar-refractivity contribution in [2.24, 2.45) is 0 Å². The van der Waals surface area contributed by atoms with E-state index in [-0.39, 0.29) is 23.8 Å². The summed E-state index contributed by atoms with van der Waals surface area (Å²) in [6, 6.07) is 6.30. The van der Waals surface area contributed by atoms with Crippen molar-refractivity contribution in [1.29, 1.82) is 0 Å². The van der Waals surface area contributed by atoms with Gasteiger partial charge in [0.1, 0.15) is 6.61 Å². The van der Waals surface area contributed by atoms with Crippen molar-refractivity contribution in [2.75, 3.05) is 13.2 Å². The van der Waals surface area contributed by atoms with Gasteiger partial charge in [-0.1, -0.05) is 12.1 Å². The van der Waals surface area contributed by atoms with Crippen LogP contribution in [-0.2, 0) is 16.0 Å². The van der Waals surface area contributed by atoms with Crippen molar-refractivity contribution in [3.63, 3.8) is 0 Å². The number of nitro groups is 1. The predicted molar refractivity (Wildman–Crippen MR) is 75.5 cm³/mol. The minimum atomic E-state index is -0.435. The van der Waals surface area contributed by atoms with Gasteiger partial charge in [-0.2, -0.15) is 0 Å². The number of carbonyl (C=O) groups excluding carboxylic acids is 1. The van der Waals surface area contributed by atoms with Crippen LogP contribution < -0.4 is 5.32 Å². The number of amides is 1. The lowest BCUT2D eigenvalue weighted by Crippen LogP contribution is -2.33. The zero-order valence-corrected chi connectivity index (χ0v) is 12.0. The smallest absolute Gasteiger partial charge is 0.269 e. The maximum absolute atomic E-state index is 11.5. The molecule has 0 atom stereocenters. The molecule has 1 aromatic carbocycles. The highest BCUT2D eigenvalue weighted by atomic mass is 16.6. The molecule has 1 rings (SSSR count). The highest BCUT2D eigenvalue weighted by molar-refractivity contribution is 5.77. The van der Waals surface area contributed by atoms with Crippen LogP contribution in [0.15, 0.2) is 24.3 Å². The van der Waals surface area contributed by atoms with E-state index in [1.165, 1.54) is 12.1 Å². The molecule has 0 aliphatic carbocycles. The van der Waals surface area contributed by atoms with Gasteiger partial charge in [-0.05, 0) is 32.8 Å². The van der Waals surface area contributed by atoms with Gasteiger partial charge in [-0.25, -0.2) is 0 Å². The lowest BCUT2D eigenvalue weighted by molar-refractivity contribution is -0.384. The van der Waals surface area contributed by atoms with E-state index in [1.807, 2.05) is 20.8 Å². The molecule has 0 fully saturated rings. The van der Waals surface area contributed by atoms with E-state index in [0.29, 0.717) is 13.0 Å². The van der Waals surface area contributed by atoms with Gasteiger partial charge in [-0.15, -0.1) is 0 Å².